The molecule has 16 heavy (non-hydrogen) atoms. The summed E-state index contributed by atoms with van der Waals surface area (Å²) in [5, 5.41) is 3.34. The topological polar surface area (TPSA) is 51.2 Å². The number of esters is 1. The van der Waals surface area contributed by atoms with Crippen LogP contribution in [0.3, 0.4) is 0 Å². The molecule has 0 radical (unpaired) electrons. The molecule has 0 unspecified atom stereocenters. The van der Waals surface area contributed by atoms with E-state index in [1.54, 1.807) is 12.4 Å². The van der Waals surface area contributed by atoms with Crippen LogP contribution in [0.5, 0.6) is 0 Å². The lowest BCUT2D eigenvalue weighted by Gasteiger charge is -2.13. The molecule has 0 aliphatic rings. The number of nitrogens with one attached hydrogen (secondary N) is 1. The van der Waals surface area contributed by atoms with Crippen LogP contribution in [-0.4, -0.2) is 24.6 Å². The number of pyridine rings is 1. The van der Waals surface area contributed by atoms with E-state index in [1.165, 1.54) is 12.7 Å². The summed E-state index contributed by atoms with van der Waals surface area (Å²) >= 11 is 0. The first-order valence-corrected chi connectivity index (χ1v) is 5.44. The zero-order valence-corrected chi connectivity index (χ0v) is 9.77. The Morgan fingerprint density at radius 3 is 2.81 bits per heavy atom. The molecule has 1 rings (SSSR count). The summed E-state index contributed by atoms with van der Waals surface area (Å²) in [6.45, 7) is 2.89. The fourth-order valence-corrected chi connectivity index (χ4v) is 1.42. The number of carbonyl (C=O) groups excluding carboxylic acids is 1. The van der Waals surface area contributed by atoms with Gasteiger partial charge in [-0.1, -0.05) is 0 Å². The quantitative estimate of drug-likeness (QED) is 0.588. The van der Waals surface area contributed by atoms with Crippen LogP contribution in [0.15, 0.2) is 24.5 Å². The van der Waals surface area contributed by atoms with Gasteiger partial charge in [-0.15, -0.1) is 0 Å². The average molecular weight is 222 g/mol. The molecule has 4 heteroatoms. The van der Waals surface area contributed by atoms with Crippen LogP contribution in [0, 0.1) is 0 Å². The molecule has 4 nitrogen and oxygen atoms in total. The maximum absolute atomic E-state index is 10.9. The molecule has 88 valence electrons. The van der Waals surface area contributed by atoms with Crippen molar-refractivity contribution >= 4 is 5.97 Å². The van der Waals surface area contributed by atoms with Crippen molar-refractivity contribution < 1.29 is 9.53 Å². The van der Waals surface area contributed by atoms with Crippen molar-refractivity contribution in [3.63, 3.8) is 0 Å². The number of ether oxygens (including phenoxy) is 1. The Kier molecular flexibility index (Phi) is 5.50. The molecular formula is C12H18N2O2. The van der Waals surface area contributed by atoms with E-state index in [-0.39, 0.29) is 12.0 Å². The van der Waals surface area contributed by atoms with Crippen LogP contribution >= 0.6 is 0 Å². The molecule has 1 heterocycles. The lowest BCUT2D eigenvalue weighted by atomic mass is 10.1. The third-order valence-corrected chi connectivity index (χ3v) is 2.44. The highest BCUT2D eigenvalue weighted by Crippen LogP contribution is 2.09. The SMILES string of the molecule is COC(=O)CCCN[C@@H](C)c1ccncc1. The number of hydrogen-bond donors (Lipinski definition) is 1. The van der Waals surface area contributed by atoms with Crippen LogP contribution in [0.1, 0.15) is 31.4 Å². The van der Waals surface area contributed by atoms with Crippen molar-refractivity contribution in [2.24, 2.45) is 0 Å². The van der Waals surface area contributed by atoms with Gasteiger partial charge in [-0.25, -0.2) is 0 Å². The predicted octanol–water partition coefficient (Wildman–Crippen LogP) is 1.69. The Balaban J connectivity index is 2.21. The highest BCUT2D eigenvalue weighted by Gasteiger charge is 2.04. The van der Waals surface area contributed by atoms with E-state index in [0.717, 1.165) is 13.0 Å². The molecule has 1 N–H and O–H groups in total. The number of hydrogen-bond acceptors (Lipinski definition) is 4. The highest BCUT2D eigenvalue weighted by molar-refractivity contribution is 5.69. The first-order chi connectivity index (χ1) is 7.74. The normalized spacial score (nSPS) is 12.1. The molecule has 0 saturated carbocycles. The Hall–Kier alpha value is -1.42. The summed E-state index contributed by atoms with van der Waals surface area (Å²) in [7, 11) is 1.41. The molecule has 0 aliphatic heterocycles. The number of nitrogens with zero attached hydrogens (tertiary/aromatic N) is 1. The summed E-state index contributed by atoms with van der Waals surface area (Å²) in [4.78, 5) is 14.8. The van der Waals surface area contributed by atoms with E-state index in [2.05, 4.69) is 22.0 Å². The van der Waals surface area contributed by atoms with Gasteiger partial charge in [-0.05, 0) is 37.6 Å². The van der Waals surface area contributed by atoms with Gasteiger partial charge in [0.25, 0.3) is 0 Å². The molecule has 0 amide bonds. The predicted molar refractivity (Wildman–Crippen MR) is 61.9 cm³/mol. The summed E-state index contributed by atoms with van der Waals surface area (Å²) in [6.07, 6.45) is 4.82. The first kappa shape index (κ1) is 12.6. The van der Waals surface area contributed by atoms with Crippen molar-refractivity contribution in [1.29, 1.82) is 0 Å². The smallest absolute Gasteiger partial charge is 0.305 e. The first-order valence-electron chi connectivity index (χ1n) is 5.44. The van der Waals surface area contributed by atoms with E-state index in [0.29, 0.717) is 6.42 Å². The van der Waals surface area contributed by atoms with Crippen molar-refractivity contribution in [1.82, 2.24) is 10.3 Å². The molecule has 1 atom stereocenters. The van der Waals surface area contributed by atoms with E-state index < -0.39 is 0 Å². The summed E-state index contributed by atoms with van der Waals surface area (Å²) in [5.74, 6) is -0.154. The van der Waals surface area contributed by atoms with E-state index in [9.17, 15) is 4.79 Å². The fraction of sp³-hybridized carbons (Fsp3) is 0.500. The van der Waals surface area contributed by atoms with Crippen LogP contribution < -0.4 is 5.32 Å². The molecule has 0 aliphatic carbocycles. The van der Waals surface area contributed by atoms with Gasteiger partial charge in [0.05, 0.1) is 7.11 Å². The van der Waals surface area contributed by atoms with Crippen molar-refractivity contribution in [3.05, 3.63) is 30.1 Å². The zero-order valence-electron chi connectivity index (χ0n) is 9.77. The minimum Gasteiger partial charge on any atom is -0.469 e. The Morgan fingerprint density at radius 1 is 1.50 bits per heavy atom. The third-order valence-electron chi connectivity index (χ3n) is 2.44. The van der Waals surface area contributed by atoms with E-state index >= 15 is 0 Å². The fourth-order valence-electron chi connectivity index (χ4n) is 1.42. The lowest BCUT2D eigenvalue weighted by molar-refractivity contribution is -0.140. The molecule has 0 aromatic carbocycles. The van der Waals surface area contributed by atoms with Gasteiger partial charge in [0.2, 0.25) is 0 Å². The molecule has 1 aromatic heterocycles. The molecule has 1 aromatic rings. The van der Waals surface area contributed by atoms with Crippen molar-refractivity contribution in [3.8, 4) is 0 Å². The molecule has 0 saturated heterocycles. The van der Waals surface area contributed by atoms with Gasteiger partial charge in [0.1, 0.15) is 0 Å². The van der Waals surface area contributed by atoms with Crippen LogP contribution in [0.4, 0.5) is 0 Å². The summed E-state index contributed by atoms with van der Waals surface area (Å²) < 4.78 is 4.57. The molecule has 0 fully saturated rings. The number of methoxy groups -OCH3 is 1. The molecule has 0 bridgehead atoms. The van der Waals surface area contributed by atoms with Crippen LogP contribution in [0.25, 0.3) is 0 Å². The standard InChI is InChI=1S/C12H18N2O2/c1-10(11-5-8-13-9-6-11)14-7-3-4-12(15)16-2/h5-6,8-10,14H,3-4,7H2,1-2H3/t10-/m0/s1. The van der Waals surface area contributed by atoms with Gasteiger partial charge in [-0.2, -0.15) is 0 Å². The second kappa shape index (κ2) is 6.95. The maximum Gasteiger partial charge on any atom is 0.305 e. The highest BCUT2D eigenvalue weighted by atomic mass is 16.5. The Morgan fingerprint density at radius 2 is 2.19 bits per heavy atom. The average Bonchev–Trinajstić information content (AvgIpc) is 2.35. The molecular weight excluding hydrogens is 204 g/mol. The Labute approximate surface area is 96.0 Å². The van der Waals surface area contributed by atoms with E-state index in [1.807, 2.05) is 12.1 Å². The molecule has 0 spiro atoms. The van der Waals surface area contributed by atoms with Gasteiger partial charge >= 0.3 is 5.97 Å². The number of rotatable bonds is 6. The van der Waals surface area contributed by atoms with Crippen molar-refractivity contribution in [2.45, 2.75) is 25.8 Å². The third kappa shape index (κ3) is 4.40. The second-order valence-electron chi connectivity index (χ2n) is 3.64. The monoisotopic (exact) mass is 222 g/mol. The minimum absolute atomic E-state index is 0.154. The zero-order chi connectivity index (χ0) is 11.8. The second-order valence-corrected chi connectivity index (χ2v) is 3.64. The van der Waals surface area contributed by atoms with Gasteiger partial charge < -0.3 is 10.1 Å². The summed E-state index contributed by atoms with van der Waals surface area (Å²) in [5.41, 5.74) is 1.20. The number of aromatic nitrogens is 1. The van der Waals surface area contributed by atoms with Gasteiger partial charge in [-0.3, -0.25) is 9.78 Å². The summed E-state index contributed by atoms with van der Waals surface area (Å²) in [6, 6.07) is 4.25. The van der Waals surface area contributed by atoms with Gasteiger partial charge in [0.15, 0.2) is 0 Å². The van der Waals surface area contributed by atoms with Crippen LogP contribution in [-0.2, 0) is 9.53 Å². The Bertz CT molecular complexity index is 314. The van der Waals surface area contributed by atoms with Crippen LogP contribution in [0.2, 0.25) is 0 Å². The minimum atomic E-state index is -0.154. The maximum atomic E-state index is 10.9. The lowest BCUT2D eigenvalue weighted by Crippen LogP contribution is -2.20. The van der Waals surface area contributed by atoms with Gasteiger partial charge in [0, 0.05) is 24.9 Å². The van der Waals surface area contributed by atoms with E-state index in [4.69, 9.17) is 0 Å². The largest absolute Gasteiger partial charge is 0.469 e. The number of carbonyl (C=O) groups is 1. The van der Waals surface area contributed by atoms with Crippen molar-refractivity contribution in [2.75, 3.05) is 13.7 Å².